The van der Waals surface area contributed by atoms with Gasteiger partial charge in [0.1, 0.15) is 5.78 Å². The highest BCUT2D eigenvalue weighted by Gasteiger charge is 2.16. The van der Waals surface area contributed by atoms with Crippen molar-refractivity contribution in [3.05, 3.63) is 0 Å². The minimum atomic E-state index is -0.618. The number of aliphatic hydroxyl groups is 1. The number of Topliss-reactive ketones (excluding diaryl/α,β-unsaturated/α-hetero) is 1. The Balaban J connectivity index is 3.83. The van der Waals surface area contributed by atoms with Gasteiger partial charge in [0, 0.05) is 6.54 Å². The molecule has 0 amide bonds. The van der Waals surface area contributed by atoms with Crippen LogP contribution >= 0.6 is 0 Å². The number of rotatable bonds is 3. The fraction of sp³-hybridized carbons (Fsp3) is 0.833. The fourth-order valence-electron chi connectivity index (χ4n) is 0.703. The van der Waals surface area contributed by atoms with E-state index in [2.05, 4.69) is 0 Å². The normalized spacial score (nSPS) is 16.9. The lowest BCUT2D eigenvalue weighted by Crippen LogP contribution is -2.31. The Hall–Kier alpha value is -0.410. The molecule has 3 nitrogen and oxygen atoms in total. The molecule has 0 rings (SSSR count). The van der Waals surface area contributed by atoms with Crippen molar-refractivity contribution in [2.75, 3.05) is 6.54 Å². The number of aliphatic hydroxyl groups excluding tert-OH is 1. The molecule has 0 saturated carbocycles. The Morgan fingerprint density at radius 1 is 1.78 bits per heavy atom. The van der Waals surface area contributed by atoms with Crippen LogP contribution in [0.25, 0.3) is 0 Å². The Morgan fingerprint density at radius 2 is 2.22 bits per heavy atom. The van der Waals surface area contributed by atoms with E-state index in [9.17, 15) is 4.79 Å². The molecule has 0 aliphatic carbocycles. The standard InChI is InChI=1S/C6H13NO2/c1-4(8)6(3-7)5(2)9/h4,6,8H,3,7H2,1-2H3. The molecule has 0 bridgehead atoms. The molecular weight excluding hydrogens is 118 g/mol. The van der Waals surface area contributed by atoms with Crippen molar-refractivity contribution in [1.82, 2.24) is 0 Å². The predicted octanol–water partition coefficient (Wildman–Crippen LogP) is -0.469. The van der Waals surface area contributed by atoms with Crippen LogP contribution in [0.3, 0.4) is 0 Å². The zero-order valence-corrected chi connectivity index (χ0v) is 5.79. The fourth-order valence-corrected chi connectivity index (χ4v) is 0.703. The summed E-state index contributed by atoms with van der Waals surface area (Å²) in [5.41, 5.74) is 5.19. The van der Waals surface area contributed by atoms with Crippen molar-refractivity contribution in [2.45, 2.75) is 20.0 Å². The maximum absolute atomic E-state index is 10.6. The summed E-state index contributed by atoms with van der Waals surface area (Å²) in [7, 11) is 0. The highest BCUT2D eigenvalue weighted by molar-refractivity contribution is 5.79. The van der Waals surface area contributed by atoms with Gasteiger partial charge in [-0.3, -0.25) is 4.79 Å². The van der Waals surface area contributed by atoms with E-state index >= 15 is 0 Å². The number of carbonyl (C=O) groups excluding carboxylic acids is 1. The van der Waals surface area contributed by atoms with Crippen LogP contribution in [-0.2, 0) is 4.79 Å². The summed E-state index contributed by atoms with van der Waals surface area (Å²) < 4.78 is 0. The van der Waals surface area contributed by atoms with E-state index in [0.717, 1.165) is 0 Å². The van der Waals surface area contributed by atoms with Crippen LogP contribution in [0.4, 0.5) is 0 Å². The van der Waals surface area contributed by atoms with E-state index in [0.29, 0.717) is 0 Å². The number of carbonyl (C=O) groups is 1. The molecule has 0 aromatic carbocycles. The molecule has 3 N–H and O–H groups in total. The van der Waals surface area contributed by atoms with Gasteiger partial charge in [-0.25, -0.2) is 0 Å². The molecule has 2 atom stereocenters. The lowest BCUT2D eigenvalue weighted by Gasteiger charge is -2.12. The van der Waals surface area contributed by atoms with Gasteiger partial charge in [-0.2, -0.15) is 0 Å². The Morgan fingerprint density at radius 3 is 2.22 bits per heavy atom. The first-order valence-electron chi connectivity index (χ1n) is 2.98. The molecule has 0 radical (unpaired) electrons. The van der Waals surface area contributed by atoms with Gasteiger partial charge < -0.3 is 10.8 Å². The Bertz CT molecular complexity index is 101. The summed E-state index contributed by atoms with van der Waals surface area (Å²) in [6.07, 6.45) is -0.618. The summed E-state index contributed by atoms with van der Waals surface area (Å²) in [5, 5.41) is 8.88. The Labute approximate surface area is 54.9 Å². The molecule has 0 spiro atoms. The average molecular weight is 131 g/mol. The maximum Gasteiger partial charge on any atom is 0.136 e. The summed E-state index contributed by atoms with van der Waals surface area (Å²) in [4.78, 5) is 10.6. The summed E-state index contributed by atoms with van der Waals surface area (Å²) in [6.45, 7) is 3.23. The molecule has 0 heterocycles. The van der Waals surface area contributed by atoms with E-state index in [1.165, 1.54) is 6.92 Å². The quantitative estimate of drug-likeness (QED) is 0.544. The number of hydrogen-bond acceptors (Lipinski definition) is 3. The number of ketones is 1. The topological polar surface area (TPSA) is 63.3 Å². The monoisotopic (exact) mass is 131 g/mol. The highest BCUT2D eigenvalue weighted by Crippen LogP contribution is 2.01. The first-order valence-corrected chi connectivity index (χ1v) is 2.98. The number of nitrogens with two attached hydrogens (primary N) is 1. The molecule has 54 valence electrons. The van der Waals surface area contributed by atoms with E-state index < -0.39 is 6.10 Å². The van der Waals surface area contributed by atoms with Crippen molar-refractivity contribution in [2.24, 2.45) is 11.7 Å². The molecule has 0 aliphatic rings. The van der Waals surface area contributed by atoms with Crippen LogP contribution in [0.1, 0.15) is 13.8 Å². The van der Waals surface area contributed by atoms with Crippen LogP contribution in [-0.4, -0.2) is 23.5 Å². The summed E-state index contributed by atoms with van der Waals surface area (Å²) >= 11 is 0. The minimum Gasteiger partial charge on any atom is -0.393 e. The zero-order valence-electron chi connectivity index (χ0n) is 5.79. The molecule has 0 saturated heterocycles. The first kappa shape index (κ1) is 8.59. The lowest BCUT2D eigenvalue weighted by atomic mass is 10.0. The van der Waals surface area contributed by atoms with Crippen molar-refractivity contribution < 1.29 is 9.90 Å². The summed E-state index contributed by atoms with van der Waals surface area (Å²) in [6, 6.07) is 0. The van der Waals surface area contributed by atoms with Gasteiger partial charge in [0.2, 0.25) is 0 Å². The predicted molar refractivity (Wildman–Crippen MR) is 34.9 cm³/mol. The van der Waals surface area contributed by atoms with Gasteiger partial charge in [0.25, 0.3) is 0 Å². The van der Waals surface area contributed by atoms with Gasteiger partial charge in [0.05, 0.1) is 12.0 Å². The van der Waals surface area contributed by atoms with Gasteiger partial charge >= 0.3 is 0 Å². The molecule has 9 heavy (non-hydrogen) atoms. The molecular formula is C6H13NO2. The second kappa shape index (κ2) is 3.58. The maximum atomic E-state index is 10.6. The van der Waals surface area contributed by atoms with Gasteiger partial charge in [-0.1, -0.05) is 0 Å². The van der Waals surface area contributed by atoms with E-state index in [1.54, 1.807) is 6.92 Å². The van der Waals surface area contributed by atoms with Crippen LogP contribution in [0.5, 0.6) is 0 Å². The molecule has 0 fully saturated rings. The van der Waals surface area contributed by atoms with Crippen molar-refractivity contribution in [3.63, 3.8) is 0 Å². The minimum absolute atomic E-state index is 0.0486. The molecule has 0 aliphatic heterocycles. The van der Waals surface area contributed by atoms with E-state index in [4.69, 9.17) is 10.8 Å². The SMILES string of the molecule is CC(=O)C(CN)C(C)O. The van der Waals surface area contributed by atoms with Crippen LogP contribution < -0.4 is 5.73 Å². The van der Waals surface area contributed by atoms with Crippen LogP contribution in [0, 0.1) is 5.92 Å². The second-order valence-corrected chi connectivity index (χ2v) is 2.19. The number of hydrogen-bond donors (Lipinski definition) is 2. The van der Waals surface area contributed by atoms with E-state index in [-0.39, 0.29) is 18.2 Å². The average Bonchev–Trinajstić information content (AvgIpc) is 1.64. The lowest BCUT2D eigenvalue weighted by molar-refractivity contribution is -0.123. The Kier molecular flexibility index (Phi) is 3.42. The first-order chi connectivity index (χ1) is 4.09. The van der Waals surface area contributed by atoms with Gasteiger partial charge in [-0.15, -0.1) is 0 Å². The molecule has 2 unspecified atom stereocenters. The van der Waals surface area contributed by atoms with Crippen molar-refractivity contribution in [1.29, 1.82) is 0 Å². The second-order valence-electron chi connectivity index (χ2n) is 2.19. The summed E-state index contributed by atoms with van der Waals surface area (Å²) in [5.74, 6) is -0.433. The third kappa shape index (κ3) is 2.58. The largest absolute Gasteiger partial charge is 0.393 e. The molecule has 3 heteroatoms. The van der Waals surface area contributed by atoms with Crippen LogP contribution in [0.2, 0.25) is 0 Å². The van der Waals surface area contributed by atoms with E-state index in [1.807, 2.05) is 0 Å². The molecule has 0 aromatic rings. The smallest absolute Gasteiger partial charge is 0.136 e. The van der Waals surface area contributed by atoms with Crippen LogP contribution in [0.15, 0.2) is 0 Å². The van der Waals surface area contributed by atoms with Crippen molar-refractivity contribution >= 4 is 5.78 Å². The third-order valence-corrected chi connectivity index (χ3v) is 1.36. The van der Waals surface area contributed by atoms with Crippen molar-refractivity contribution in [3.8, 4) is 0 Å². The highest BCUT2D eigenvalue weighted by atomic mass is 16.3. The van der Waals surface area contributed by atoms with Gasteiger partial charge in [-0.05, 0) is 13.8 Å². The zero-order chi connectivity index (χ0) is 7.44. The third-order valence-electron chi connectivity index (χ3n) is 1.36. The molecule has 0 aromatic heterocycles. The van der Waals surface area contributed by atoms with Gasteiger partial charge in [0.15, 0.2) is 0 Å².